The normalized spacial score (nSPS) is 10.5. The molecule has 0 atom stereocenters. The van der Waals surface area contributed by atoms with Crippen LogP contribution in [0.2, 0.25) is 0 Å². The molecule has 0 N–H and O–H groups in total. The second-order valence-electron chi connectivity index (χ2n) is 2.59. The van der Waals surface area contributed by atoms with Crippen molar-refractivity contribution in [3.63, 3.8) is 0 Å². The van der Waals surface area contributed by atoms with Crippen LogP contribution in [0.4, 0.5) is 8.78 Å². The van der Waals surface area contributed by atoms with Crippen molar-refractivity contribution in [1.29, 1.82) is 0 Å². The molecule has 70 valence electrons. The number of halogens is 3. The molecule has 4 heteroatoms. The Balaban J connectivity index is 3.26. The summed E-state index contributed by atoms with van der Waals surface area (Å²) < 4.78 is 25.5. The van der Waals surface area contributed by atoms with Crippen LogP contribution >= 0.6 is 22.6 Å². The molecule has 0 saturated heterocycles. The van der Waals surface area contributed by atoms with Crippen LogP contribution in [0.15, 0.2) is 18.2 Å². The number of rotatable bonds is 2. The number of hydrogen-bond acceptors (Lipinski definition) is 1. The summed E-state index contributed by atoms with van der Waals surface area (Å²) in [6.07, 6.45) is -2.59. The van der Waals surface area contributed by atoms with E-state index in [1.807, 2.05) is 22.6 Å². The van der Waals surface area contributed by atoms with Gasteiger partial charge in [0.05, 0.1) is 0 Å². The third kappa shape index (κ3) is 2.46. The average molecular weight is 296 g/mol. The fourth-order valence-corrected chi connectivity index (χ4v) is 1.55. The lowest BCUT2D eigenvalue weighted by Crippen LogP contribution is -2.00. The zero-order valence-electron chi connectivity index (χ0n) is 6.85. The highest BCUT2D eigenvalue weighted by molar-refractivity contribution is 14.1. The van der Waals surface area contributed by atoms with Crippen molar-refractivity contribution in [2.24, 2.45) is 0 Å². The highest BCUT2D eigenvalue weighted by atomic mass is 127. The van der Waals surface area contributed by atoms with Gasteiger partial charge in [0.15, 0.2) is 5.78 Å². The SMILES string of the molecule is CC(=O)c1ccc(I)cc1C(F)F. The summed E-state index contributed by atoms with van der Waals surface area (Å²) in [7, 11) is 0. The fraction of sp³-hybridized carbons (Fsp3) is 0.222. The van der Waals surface area contributed by atoms with Crippen molar-refractivity contribution >= 4 is 28.4 Å². The van der Waals surface area contributed by atoms with Gasteiger partial charge < -0.3 is 0 Å². The Morgan fingerprint density at radius 2 is 2.08 bits per heavy atom. The maximum Gasteiger partial charge on any atom is 0.264 e. The quantitative estimate of drug-likeness (QED) is 0.603. The minimum atomic E-state index is -2.59. The van der Waals surface area contributed by atoms with Crippen LogP contribution in [-0.2, 0) is 0 Å². The number of hydrogen-bond donors (Lipinski definition) is 0. The summed E-state index contributed by atoms with van der Waals surface area (Å²) in [5, 5.41) is 0. The van der Waals surface area contributed by atoms with Crippen LogP contribution in [0, 0.1) is 3.57 Å². The number of benzene rings is 1. The van der Waals surface area contributed by atoms with E-state index in [4.69, 9.17) is 0 Å². The van der Waals surface area contributed by atoms with E-state index in [0.29, 0.717) is 3.57 Å². The zero-order chi connectivity index (χ0) is 10.0. The molecule has 1 aromatic rings. The van der Waals surface area contributed by atoms with Gasteiger partial charge in [0.2, 0.25) is 0 Å². The van der Waals surface area contributed by atoms with E-state index >= 15 is 0 Å². The molecule has 0 aromatic heterocycles. The summed E-state index contributed by atoms with van der Waals surface area (Å²) in [4.78, 5) is 10.9. The number of alkyl halides is 2. The molecule has 0 aliphatic heterocycles. The summed E-state index contributed by atoms with van der Waals surface area (Å²) in [6.45, 7) is 1.29. The predicted molar refractivity (Wildman–Crippen MR) is 54.1 cm³/mol. The molecule has 1 aromatic carbocycles. The molecular weight excluding hydrogens is 289 g/mol. The van der Waals surface area contributed by atoms with Gasteiger partial charge >= 0.3 is 0 Å². The van der Waals surface area contributed by atoms with E-state index in [9.17, 15) is 13.6 Å². The first-order valence-corrected chi connectivity index (χ1v) is 4.69. The Kier molecular flexibility index (Phi) is 3.35. The van der Waals surface area contributed by atoms with E-state index in [1.54, 1.807) is 6.07 Å². The van der Waals surface area contributed by atoms with Crippen LogP contribution < -0.4 is 0 Å². The maximum atomic E-state index is 12.4. The predicted octanol–water partition coefficient (Wildman–Crippen LogP) is 3.43. The highest BCUT2D eigenvalue weighted by Gasteiger charge is 2.15. The van der Waals surface area contributed by atoms with Crippen molar-refractivity contribution in [3.8, 4) is 0 Å². The van der Waals surface area contributed by atoms with Gasteiger partial charge in [-0.2, -0.15) is 0 Å². The molecule has 0 aliphatic carbocycles. The van der Waals surface area contributed by atoms with Crippen molar-refractivity contribution in [2.75, 3.05) is 0 Å². The van der Waals surface area contributed by atoms with Gasteiger partial charge in [0.1, 0.15) is 0 Å². The van der Waals surface area contributed by atoms with Crippen LogP contribution in [0.3, 0.4) is 0 Å². The molecule has 0 radical (unpaired) electrons. The Hall–Kier alpha value is -0.520. The van der Waals surface area contributed by atoms with E-state index in [2.05, 4.69) is 0 Å². The summed E-state index contributed by atoms with van der Waals surface area (Å²) >= 11 is 1.93. The molecule has 13 heavy (non-hydrogen) atoms. The second kappa shape index (κ2) is 4.13. The molecule has 0 bridgehead atoms. The molecule has 1 nitrogen and oxygen atoms in total. The zero-order valence-corrected chi connectivity index (χ0v) is 9.01. The smallest absolute Gasteiger partial charge is 0.264 e. The second-order valence-corrected chi connectivity index (χ2v) is 3.83. The molecule has 0 fully saturated rings. The van der Waals surface area contributed by atoms with Crippen molar-refractivity contribution in [1.82, 2.24) is 0 Å². The number of Topliss-reactive ketones (excluding diaryl/α,β-unsaturated/α-hetero) is 1. The molecule has 0 saturated carbocycles. The summed E-state index contributed by atoms with van der Waals surface area (Å²) in [5.41, 5.74) is -0.0742. The molecule has 0 unspecified atom stereocenters. The Morgan fingerprint density at radius 1 is 1.46 bits per heavy atom. The Morgan fingerprint density at radius 3 is 2.54 bits per heavy atom. The molecule has 1 rings (SSSR count). The lowest BCUT2D eigenvalue weighted by molar-refractivity contribution is 0.0999. The van der Waals surface area contributed by atoms with Gasteiger partial charge in [-0.3, -0.25) is 4.79 Å². The lowest BCUT2D eigenvalue weighted by atomic mass is 10.1. The van der Waals surface area contributed by atoms with E-state index < -0.39 is 6.43 Å². The summed E-state index contributed by atoms with van der Waals surface area (Å²) in [6, 6.07) is 4.41. The third-order valence-corrected chi connectivity index (χ3v) is 2.30. The van der Waals surface area contributed by atoms with Gasteiger partial charge in [0, 0.05) is 14.7 Å². The fourth-order valence-electron chi connectivity index (χ4n) is 1.03. The van der Waals surface area contributed by atoms with Crippen molar-refractivity contribution in [2.45, 2.75) is 13.3 Å². The minimum absolute atomic E-state index is 0.107. The molecule has 0 spiro atoms. The van der Waals surface area contributed by atoms with Crippen LogP contribution in [-0.4, -0.2) is 5.78 Å². The van der Waals surface area contributed by atoms with E-state index in [1.165, 1.54) is 19.1 Å². The number of ketones is 1. The average Bonchev–Trinajstić information content (AvgIpc) is 2.03. The monoisotopic (exact) mass is 296 g/mol. The standard InChI is InChI=1S/C9H7F2IO/c1-5(13)7-3-2-6(12)4-8(7)9(10)11/h2-4,9H,1H3. The van der Waals surface area contributed by atoms with Gasteiger partial charge in [0.25, 0.3) is 6.43 Å². The third-order valence-electron chi connectivity index (χ3n) is 1.63. The first-order chi connectivity index (χ1) is 6.02. The van der Waals surface area contributed by atoms with Crippen LogP contribution in [0.5, 0.6) is 0 Å². The molecule has 0 amide bonds. The van der Waals surface area contributed by atoms with Crippen LogP contribution in [0.25, 0.3) is 0 Å². The van der Waals surface area contributed by atoms with Gasteiger partial charge in [-0.15, -0.1) is 0 Å². The van der Waals surface area contributed by atoms with Gasteiger partial charge in [-0.1, -0.05) is 0 Å². The van der Waals surface area contributed by atoms with E-state index in [-0.39, 0.29) is 16.9 Å². The van der Waals surface area contributed by atoms with Crippen LogP contribution in [0.1, 0.15) is 29.3 Å². The van der Waals surface area contributed by atoms with Gasteiger partial charge in [-0.25, -0.2) is 8.78 Å². The maximum absolute atomic E-state index is 12.4. The number of carbonyl (C=O) groups is 1. The first-order valence-electron chi connectivity index (χ1n) is 3.61. The lowest BCUT2D eigenvalue weighted by Gasteiger charge is -2.05. The van der Waals surface area contributed by atoms with Crippen molar-refractivity contribution in [3.05, 3.63) is 32.9 Å². The Labute approximate surface area is 88.3 Å². The first kappa shape index (κ1) is 10.6. The minimum Gasteiger partial charge on any atom is -0.294 e. The molecule has 0 heterocycles. The topological polar surface area (TPSA) is 17.1 Å². The molecular formula is C9H7F2IO. The van der Waals surface area contributed by atoms with Gasteiger partial charge in [-0.05, 0) is 47.7 Å². The number of carbonyl (C=O) groups excluding carboxylic acids is 1. The highest BCUT2D eigenvalue weighted by Crippen LogP contribution is 2.25. The largest absolute Gasteiger partial charge is 0.294 e. The molecule has 0 aliphatic rings. The summed E-state index contributed by atoms with van der Waals surface area (Å²) in [5.74, 6) is -0.327. The van der Waals surface area contributed by atoms with E-state index in [0.717, 1.165) is 0 Å². The van der Waals surface area contributed by atoms with Crippen molar-refractivity contribution < 1.29 is 13.6 Å². The Bertz CT molecular complexity index is 336.